The normalized spacial score (nSPS) is 10.4. The monoisotopic (exact) mass is 333 g/mol. The Morgan fingerprint density at radius 3 is 3.05 bits per heavy atom. The second kappa shape index (κ2) is 5.25. The zero-order valence-electron chi connectivity index (χ0n) is 10.0. The van der Waals surface area contributed by atoms with Crippen molar-refractivity contribution in [1.82, 2.24) is 20.2 Å². The van der Waals surface area contributed by atoms with Crippen molar-refractivity contribution >= 4 is 27.8 Å². The van der Waals surface area contributed by atoms with Crippen LogP contribution in [0.4, 0.5) is 5.95 Å². The number of nitrogens with zero attached hydrogens (tertiary/aromatic N) is 3. The van der Waals surface area contributed by atoms with E-state index in [-0.39, 0.29) is 11.6 Å². The van der Waals surface area contributed by atoms with Crippen LogP contribution in [0.3, 0.4) is 0 Å². The lowest BCUT2D eigenvalue weighted by atomic mass is 10.3. The number of furan rings is 1. The molecule has 20 heavy (non-hydrogen) atoms. The second-order valence-electron chi connectivity index (χ2n) is 3.81. The molecule has 0 radical (unpaired) electrons. The number of carbonyl (C=O) groups excluding carboxylic acids is 1. The molecule has 7 nitrogen and oxygen atoms in total. The molecule has 0 aliphatic rings. The Bertz CT molecular complexity index is 738. The van der Waals surface area contributed by atoms with Crippen molar-refractivity contribution < 1.29 is 9.21 Å². The highest BCUT2D eigenvalue weighted by Gasteiger charge is 2.14. The summed E-state index contributed by atoms with van der Waals surface area (Å²) in [6.45, 7) is 0. The molecular weight excluding hydrogens is 326 g/mol. The molecule has 3 aromatic rings. The van der Waals surface area contributed by atoms with Gasteiger partial charge >= 0.3 is 0 Å². The Kier molecular flexibility index (Phi) is 3.30. The lowest BCUT2D eigenvalue weighted by molar-refractivity contribution is 0.102. The highest BCUT2D eigenvalue weighted by Crippen LogP contribution is 2.17. The fourth-order valence-electron chi connectivity index (χ4n) is 1.56. The molecule has 0 spiro atoms. The summed E-state index contributed by atoms with van der Waals surface area (Å²) < 4.78 is 5.55. The van der Waals surface area contributed by atoms with Gasteiger partial charge in [-0.1, -0.05) is 0 Å². The molecule has 0 saturated heterocycles. The van der Waals surface area contributed by atoms with Crippen LogP contribution in [0.15, 0.2) is 45.8 Å². The number of amides is 1. The molecule has 3 aromatic heterocycles. The number of hydrogen-bond acceptors (Lipinski definition) is 5. The number of aromatic nitrogens is 4. The summed E-state index contributed by atoms with van der Waals surface area (Å²) in [5, 5.41) is 9.19. The summed E-state index contributed by atoms with van der Waals surface area (Å²) in [4.78, 5) is 20.2. The molecule has 8 heteroatoms. The zero-order chi connectivity index (χ0) is 13.9. The minimum Gasteiger partial charge on any atom is -0.472 e. The maximum atomic E-state index is 12.0. The maximum absolute atomic E-state index is 12.0. The third-order valence-electron chi connectivity index (χ3n) is 2.48. The molecule has 3 heterocycles. The number of aromatic amines is 1. The van der Waals surface area contributed by atoms with E-state index in [1.165, 1.54) is 18.7 Å². The lowest BCUT2D eigenvalue weighted by Gasteiger charge is -2.01. The van der Waals surface area contributed by atoms with Crippen LogP contribution in [0.1, 0.15) is 10.5 Å². The van der Waals surface area contributed by atoms with E-state index < -0.39 is 5.91 Å². The molecule has 3 rings (SSSR count). The summed E-state index contributed by atoms with van der Waals surface area (Å²) in [7, 11) is 0. The topological polar surface area (TPSA) is 96.7 Å². The molecule has 100 valence electrons. The van der Waals surface area contributed by atoms with E-state index in [1.54, 1.807) is 18.2 Å². The van der Waals surface area contributed by atoms with Gasteiger partial charge in [-0.2, -0.15) is 4.98 Å². The van der Waals surface area contributed by atoms with Crippen molar-refractivity contribution in [2.45, 2.75) is 0 Å². The molecule has 0 aromatic carbocycles. The van der Waals surface area contributed by atoms with Gasteiger partial charge in [0, 0.05) is 10.7 Å². The van der Waals surface area contributed by atoms with Gasteiger partial charge in [0.25, 0.3) is 5.91 Å². The molecule has 0 saturated carbocycles. The maximum Gasteiger partial charge on any atom is 0.277 e. The molecule has 0 atom stereocenters. The largest absolute Gasteiger partial charge is 0.472 e. The third-order valence-corrected chi connectivity index (χ3v) is 3.12. The Balaban J connectivity index is 1.79. The summed E-state index contributed by atoms with van der Waals surface area (Å²) in [6, 6.07) is 5.20. The van der Waals surface area contributed by atoms with E-state index >= 15 is 0 Å². The van der Waals surface area contributed by atoms with Crippen LogP contribution in [-0.4, -0.2) is 26.1 Å². The van der Waals surface area contributed by atoms with E-state index in [0.29, 0.717) is 10.3 Å². The predicted octanol–water partition coefficient (Wildman–Crippen LogP) is 2.47. The fourth-order valence-corrected chi connectivity index (χ4v) is 1.99. The van der Waals surface area contributed by atoms with Crippen LogP contribution in [0.5, 0.6) is 0 Å². The minimum absolute atomic E-state index is 0.170. The highest BCUT2D eigenvalue weighted by atomic mass is 79.9. The average Bonchev–Trinajstić information content (AvgIpc) is 3.09. The second-order valence-corrected chi connectivity index (χ2v) is 4.66. The van der Waals surface area contributed by atoms with Crippen molar-refractivity contribution in [1.29, 1.82) is 0 Å². The average molecular weight is 334 g/mol. The van der Waals surface area contributed by atoms with E-state index in [0.717, 1.165) is 5.56 Å². The van der Waals surface area contributed by atoms with Crippen LogP contribution in [0.2, 0.25) is 0 Å². The van der Waals surface area contributed by atoms with Gasteiger partial charge in [-0.15, -0.1) is 5.10 Å². The molecule has 0 aliphatic carbocycles. The lowest BCUT2D eigenvalue weighted by Crippen LogP contribution is -2.15. The fraction of sp³-hybridized carbons (Fsp3) is 0. The van der Waals surface area contributed by atoms with E-state index in [4.69, 9.17) is 4.42 Å². The predicted molar refractivity (Wildman–Crippen MR) is 74.0 cm³/mol. The van der Waals surface area contributed by atoms with Gasteiger partial charge in [-0.3, -0.25) is 15.2 Å². The van der Waals surface area contributed by atoms with Crippen LogP contribution in [0.25, 0.3) is 11.4 Å². The van der Waals surface area contributed by atoms with E-state index in [9.17, 15) is 4.79 Å². The van der Waals surface area contributed by atoms with Crippen LogP contribution in [-0.2, 0) is 0 Å². The van der Waals surface area contributed by atoms with Crippen molar-refractivity contribution in [3.8, 4) is 11.4 Å². The molecule has 2 N–H and O–H groups in total. The van der Waals surface area contributed by atoms with Crippen molar-refractivity contribution in [2.75, 3.05) is 5.32 Å². The van der Waals surface area contributed by atoms with Gasteiger partial charge in [-0.25, -0.2) is 4.98 Å². The first-order chi connectivity index (χ1) is 9.74. The number of rotatable bonds is 3. The van der Waals surface area contributed by atoms with Gasteiger partial charge < -0.3 is 4.42 Å². The highest BCUT2D eigenvalue weighted by molar-refractivity contribution is 9.10. The van der Waals surface area contributed by atoms with Gasteiger partial charge in [0.1, 0.15) is 12.0 Å². The first-order valence-electron chi connectivity index (χ1n) is 5.61. The van der Waals surface area contributed by atoms with E-state index in [1.807, 2.05) is 0 Å². The summed E-state index contributed by atoms with van der Waals surface area (Å²) in [6.07, 6.45) is 4.59. The first-order valence-corrected chi connectivity index (χ1v) is 6.40. The number of hydrogen-bond donors (Lipinski definition) is 2. The number of H-pyrrole nitrogens is 1. The Morgan fingerprint density at radius 2 is 2.30 bits per heavy atom. The number of halogens is 1. The smallest absolute Gasteiger partial charge is 0.277 e. The molecule has 0 fully saturated rings. The van der Waals surface area contributed by atoms with Gasteiger partial charge in [0.15, 0.2) is 5.82 Å². The minimum atomic E-state index is -0.393. The SMILES string of the molecule is O=C(Nc1n[nH]c(-c2ccoc2)n1)c1ncccc1Br. The van der Waals surface area contributed by atoms with Crippen molar-refractivity contribution in [3.05, 3.63) is 47.1 Å². The summed E-state index contributed by atoms with van der Waals surface area (Å²) in [5.74, 6) is 0.285. The third kappa shape index (κ3) is 2.45. The summed E-state index contributed by atoms with van der Waals surface area (Å²) in [5.41, 5.74) is 1.01. The number of carbonyl (C=O) groups is 1. The summed E-state index contributed by atoms with van der Waals surface area (Å²) >= 11 is 3.26. The zero-order valence-corrected chi connectivity index (χ0v) is 11.6. The van der Waals surface area contributed by atoms with Gasteiger partial charge in [-0.05, 0) is 34.1 Å². The number of pyridine rings is 1. The quantitative estimate of drug-likeness (QED) is 0.767. The van der Waals surface area contributed by atoms with Crippen LogP contribution < -0.4 is 5.32 Å². The number of anilines is 1. The standard InChI is InChI=1S/C12H8BrN5O2/c13-8-2-1-4-14-9(8)11(19)16-12-15-10(17-18-12)7-3-5-20-6-7/h1-6H,(H2,15,16,17,18,19). The number of nitrogens with one attached hydrogen (secondary N) is 2. The first kappa shape index (κ1) is 12.5. The molecule has 0 bridgehead atoms. The van der Waals surface area contributed by atoms with Crippen molar-refractivity contribution in [3.63, 3.8) is 0 Å². The van der Waals surface area contributed by atoms with Gasteiger partial charge in [0.2, 0.25) is 5.95 Å². The Hall–Kier alpha value is -2.48. The molecular formula is C12H8BrN5O2. The van der Waals surface area contributed by atoms with E-state index in [2.05, 4.69) is 41.4 Å². The van der Waals surface area contributed by atoms with Gasteiger partial charge in [0.05, 0.1) is 11.8 Å². The molecule has 1 amide bonds. The van der Waals surface area contributed by atoms with Crippen LogP contribution in [0, 0.1) is 0 Å². The molecule has 0 unspecified atom stereocenters. The Morgan fingerprint density at radius 1 is 1.40 bits per heavy atom. The Labute approximate surface area is 121 Å². The van der Waals surface area contributed by atoms with Crippen LogP contribution >= 0.6 is 15.9 Å². The molecule has 0 aliphatic heterocycles. The van der Waals surface area contributed by atoms with Crippen molar-refractivity contribution in [2.24, 2.45) is 0 Å².